The highest BCUT2D eigenvalue weighted by molar-refractivity contribution is 9.11. The van der Waals surface area contributed by atoms with Crippen molar-refractivity contribution in [3.63, 3.8) is 0 Å². The number of nitrogens with one attached hydrogen (secondary N) is 1. The maximum absolute atomic E-state index is 11.9. The molecule has 0 unspecified atom stereocenters. The summed E-state index contributed by atoms with van der Waals surface area (Å²) in [6.45, 7) is 14.8. The lowest BCUT2D eigenvalue weighted by Crippen LogP contribution is -2.15. The molecule has 0 aliphatic heterocycles. The second-order valence-corrected chi connectivity index (χ2v) is 26.9. The van der Waals surface area contributed by atoms with Gasteiger partial charge in [-0.05, 0) is 193 Å². The number of pyridine rings is 7. The number of carboxylic acids is 1. The minimum Gasteiger partial charge on any atom is -0.506 e. The van der Waals surface area contributed by atoms with Crippen molar-refractivity contribution in [3.05, 3.63) is 270 Å². The van der Waals surface area contributed by atoms with E-state index in [1.54, 1.807) is 114 Å². The number of hydrogen-bond donors (Lipinski definition) is 5. The fraction of sp³-hybridized carbons (Fsp3) is 0.133. The second kappa shape index (κ2) is 42.2. The summed E-state index contributed by atoms with van der Waals surface area (Å²) in [5, 5.41) is 28.9. The Kier molecular flexibility index (Phi) is 31.6. The average molecular weight is 1810 g/mol. The van der Waals surface area contributed by atoms with Gasteiger partial charge in [0.05, 0.1) is 41.8 Å². The number of carbonyl (C=O) groups is 3. The van der Waals surface area contributed by atoms with Crippen LogP contribution in [0.15, 0.2) is 198 Å². The van der Waals surface area contributed by atoms with Crippen LogP contribution >= 0.6 is 82.6 Å². The molecule has 16 aromatic rings. The number of aryl methyl sites for hydroxylation is 8. The van der Waals surface area contributed by atoms with Crippen molar-refractivity contribution in [2.75, 3.05) is 11.1 Å². The topological polar surface area (TPSA) is 482 Å². The van der Waals surface area contributed by atoms with Crippen molar-refractivity contribution in [1.82, 2.24) is 110 Å². The van der Waals surface area contributed by atoms with Gasteiger partial charge in [-0.1, -0.05) is 35.3 Å². The number of hydrogen-bond acceptors (Lipinski definition) is 32. The Morgan fingerprint density at radius 2 is 0.852 bits per heavy atom. The molecule has 16 rings (SSSR count). The number of aliphatic hydroxyl groups is 1. The van der Waals surface area contributed by atoms with Crippen molar-refractivity contribution in [3.8, 4) is 46.3 Å². The van der Waals surface area contributed by atoms with Gasteiger partial charge in [-0.2, -0.15) is 0 Å². The molecular formula is C75H62Br3Cl3N24O10. The molecule has 0 aromatic carbocycles. The van der Waals surface area contributed by atoms with Crippen LogP contribution in [0.25, 0.3) is 68.4 Å². The summed E-state index contributed by atoms with van der Waals surface area (Å²) in [6, 6.07) is 25.8. The summed E-state index contributed by atoms with van der Waals surface area (Å²) in [7, 11) is 0. The van der Waals surface area contributed by atoms with Gasteiger partial charge in [0, 0.05) is 93.7 Å². The van der Waals surface area contributed by atoms with Gasteiger partial charge in [0.25, 0.3) is 11.1 Å². The predicted molar refractivity (Wildman–Crippen MR) is 434 cm³/mol. The van der Waals surface area contributed by atoms with Crippen LogP contribution in [0.4, 0.5) is 11.4 Å². The lowest BCUT2D eigenvalue weighted by molar-refractivity contribution is 0.0689. The lowest BCUT2D eigenvalue weighted by atomic mass is 10.3. The lowest BCUT2D eigenvalue weighted by Gasteiger charge is -2.06. The molecule has 0 saturated carbocycles. The summed E-state index contributed by atoms with van der Waals surface area (Å²) in [5.41, 5.74) is 15.7. The maximum Gasteiger partial charge on any atom is 0.354 e. The number of nitrogens with two attached hydrogens (primary N) is 1. The van der Waals surface area contributed by atoms with Gasteiger partial charge in [-0.15, -0.1) is 0 Å². The van der Waals surface area contributed by atoms with Gasteiger partial charge in [-0.3, -0.25) is 19.6 Å². The van der Waals surface area contributed by atoms with E-state index >= 15 is 0 Å². The molecule has 0 fully saturated rings. The third-order valence-corrected chi connectivity index (χ3v) is 16.1. The van der Waals surface area contributed by atoms with Gasteiger partial charge < -0.3 is 44.4 Å². The largest absolute Gasteiger partial charge is 0.506 e. The molecule has 1 amide bonds. The number of oxazole rings is 3. The first-order valence-electron chi connectivity index (χ1n) is 33.2. The summed E-state index contributed by atoms with van der Waals surface area (Å²) in [4.78, 5) is 122. The van der Waals surface area contributed by atoms with E-state index in [1.807, 2.05) is 64.2 Å². The summed E-state index contributed by atoms with van der Waals surface area (Å²) in [5.74, 6) is 4.02. The number of nitrogen functional groups attached to an aromatic ring is 1. The number of aliphatic hydroxyl groups excluding tert-OH is 1. The first kappa shape index (κ1) is 86.2. The van der Waals surface area contributed by atoms with Crippen molar-refractivity contribution in [2.24, 2.45) is 0 Å². The number of carbonyl (C=O) groups excluding carboxylic acids is 2. The highest BCUT2D eigenvalue weighted by Crippen LogP contribution is 2.28. The van der Waals surface area contributed by atoms with Crippen molar-refractivity contribution in [1.29, 1.82) is 0 Å². The number of halogens is 6. The SMILES string of the molecule is Cc1ccc(CO)nc1.Cc1ccc(COc2cnc3oc(-c4ccnc(C)n4)nc3c2)nc1.Cc1nccc(-c2nc3cc(Br)cnc3o2)n1.Cc1nccc(-c2nc3cc(O)cnc3o2)n1.Cc1nccc(C(=O)Cl)n1.Cc1nccc(C(=O)Nc2cc(Br)cnc2Cl)n1.Cc1nccc(C(=O)O)n1.Nc1cc(Br)cnc1Cl. The molecule has 6 N–H and O–H groups in total. The number of amides is 1. The Morgan fingerprint density at radius 3 is 1.30 bits per heavy atom. The predicted octanol–water partition coefficient (Wildman–Crippen LogP) is 15.2. The van der Waals surface area contributed by atoms with Crippen LogP contribution in [0.3, 0.4) is 0 Å². The monoisotopic (exact) mass is 1800 g/mol. The van der Waals surface area contributed by atoms with Crippen molar-refractivity contribution in [2.45, 2.75) is 68.6 Å². The molecule has 0 atom stereocenters. The van der Waals surface area contributed by atoms with Crippen LogP contribution < -0.4 is 15.8 Å². The van der Waals surface area contributed by atoms with Gasteiger partial charge in [0.2, 0.25) is 34.8 Å². The zero-order valence-electron chi connectivity index (χ0n) is 61.5. The standard InChI is InChI=1S/C18H15N5O2.C11H8BrClN4O.C11H7BrN4O.C11H8N4O2.C7H9NO.C6H5ClN2O.C6H6N2O2.C5H4BrClN2/c1-11-3-4-13(20-8-11)10-24-14-7-16-17(21-9-14)25-18(23-16)15-5-6-19-12(2)22-15;1-6-14-3-2-8(16-6)11(18)17-9-4-7(12)5-15-10(9)13;1-6-13-3-2-8(15-6)11-16-9-4-7(12)5-14-10(9)17-11;1-6-12-3-2-8(14-6)11-15-9-4-7(16)5-13-10(9)17-11;1-6-2-3-7(5-9)8-4-6;1-4-8-3-2-5(9-4)6(7)10;1-4-7-3-2-5(8-4)6(9)10;6-3-1-4(8)5(7)9-2-3/h3-9H,10H2,1-2H3;2-5H,1H3,(H,17,18);2-5H,1H3;2-5,16H,1H3;2-4,9H,5H2,1H3;2-3H,1H3;2-3H,1H3,(H,9,10);1-2H,8H2. The van der Waals surface area contributed by atoms with Crippen LogP contribution in [0.2, 0.25) is 10.3 Å². The number of ether oxygens (including phenoxy) is 1. The van der Waals surface area contributed by atoms with Gasteiger partial charge in [0.15, 0.2) is 16.0 Å². The van der Waals surface area contributed by atoms with Crippen LogP contribution in [-0.2, 0) is 13.2 Å². The zero-order valence-corrected chi connectivity index (χ0v) is 68.5. The molecule has 40 heteroatoms. The van der Waals surface area contributed by atoms with E-state index < -0.39 is 11.2 Å². The molecule has 16 aromatic heterocycles. The number of anilines is 2. The maximum atomic E-state index is 11.9. The number of aromatic nitrogens is 22. The smallest absolute Gasteiger partial charge is 0.354 e. The Hall–Kier alpha value is -12.8. The third kappa shape index (κ3) is 27.3. The highest BCUT2D eigenvalue weighted by Gasteiger charge is 2.17. The first-order chi connectivity index (χ1) is 55.1. The Morgan fingerprint density at radius 1 is 0.443 bits per heavy atom. The fourth-order valence-corrected chi connectivity index (χ4v) is 10.1. The second-order valence-electron chi connectivity index (χ2n) is 23.1. The minimum absolute atomic E-state index is 0.0281. The van der Waals surface area contributed by atoms with Crippen LogP contribution in [0, 0.1) is 55.4 Å². The van der Waals surface area contributed by atoms with E-state index in [0.717, 1.165) is 35.9 Å². The minimum atomic E-state index is -1.02. The first-order valence-corrected chi connectivity index (χ1v) is 36.7. The molecule has 0 spiro atoms. The molecule has 0 radical (unpaired) electrons. The van der Waals surface area contributed by atoms with Crippen molar-refractivity contribution >= 4 is 145 Å². The number of carboxylic acid groups (broad SMARTS) is 1. The summed E-state index contributed by atoms with van der Waals surface area (Å²) in [6.07, 6.45) is 20.7. The molecule has 0 aliphatic rings. The molecule has 16 heterocycles. The van der Waals surface area contributed by atoms with Crippen LogP contribution in [-0.4, -0.2) is 142 Å². The third-order valence-electron chi connectivity index (χ3n) is 14.0. The molecule has 0 aliphatic carbocycles. The van der Waals surface area contributed by atoms with Gasteiger partial charge >= 0.3 is 5.97 Å². The average Bonchev–Trinajstić information content (AvgIpc) is 1.68. The fourth-order valence-electron chi connectivity index (χ4n) is 8.74. The molecular weight excluding hydrogens is 1740 g/mol. The Labute approximate surface area is 693 Å². The van der Waals surface area contributed by atoms with E-state index in [4.69, 9.17) is 68.7 Å². The van der Waals surface area contributed by atoms with Crippen molar-refractivity contribution < 1.29 is 47.7 Å². The van der Waals surface area contributed by atoms with Gasteiger partial charge in [-0.25, -0.2) is 104 Å². The van der Waals surface area contributed by atoms with E-state index in [0.29, 0.717) is 132 Å². The normalized spacial score (nSPS) is 10.3. The summed E-state index contributed by atoms with van der Waals surface area (Å²) >= 11 is 26.3. The van der Waals surface area contributed by atoms with E-state index in [9.17, 15) is 19.5 Å². The number of rotatable bonds is 11. The van der Waals surface area contributed by atoms with E-state index in [1.165, 1.54) is 49.1 Å². The number of aromatic hydroxyl groups is 1. The van der Waals surface area contributed by atoms with E-state index in [2.05, 4.69) is 163 Å². The van der Waals surface area contributed by atoms with E-state index in [-0.39, 0.29) is 40.5 Å². The Bertz CT molecular complexity index is 5850. The van der Waals surface area contributed by atoms with Crippen LogP contribution in [0.1, 0.15) is 88.9 Å². The number of aromatic carboxylic acids is 1. The molecule has 115 heavy (non-hydrogen) atoms. The molecule has 0 saturated heterocycles. The Balaban J connectivity index is 0.000000154. The summed E-state index contributed by atoms with van der Waals surface area (Å²) < 4.78 is 24.8. The molecule has 0 bridgehead atoms. The molecule has 34 nitrogen and oxygen atoms in total. The highest BCUT2D eigenvalue weighted by atomic mass is 79.9. The zero-order chi connectivity index (χ0) is 82.7. The van der Waals surface area contributed by atoms with Gasteiger partial charge in [0.1, 0.15) is 98.1 Å². The number of fused-ring (bicyclic) bond motifs is 3. The quantitative estimate of drug-likeness (QED) is 0.0593. The molecule has 584 valence electrons. The number of nitrogens with zero attached hydrogens (tertiary/aromatic N) is 22. The van der Waals surface area contributed by atoms with Crippen LogP contribution in [0.5, 0.6) is 11.5 Å².